The van der Waals surface area contributed by atoms with Gasteiger partial charge in [0, 0.05) is 5.56 Å². The van der Waals surface area contributed by atoms with E-state index in [1.807, 2.05) is 30.3 Å². The highest BCUT2D eigenvalue weighted by Gasteiger charge is 2.07. The van der Waals surface area contributed by atoms with E-state index in [9.17, 15) is 5.11 Å². The van der Waals surface area contributed by atoms with Crippen LogP contribution in [0.15, 0.2) is 30.3 Å². The summed E-state index contributed by atoms with van der Waals surface area (Å²) in [6, 6.07) is 9.24. The number of ether oxygens (including phenoxy) is 1. The van der Waals surface area contributed by atoms with Crippen molar-refractivity contribution >= 4 is 0 Å². The molecule has 0 saturated carbocycles. The molecule has 1 unspecified atom stereocenters. The van der Waals surface area contributed by atoms with Crippen molar-refractivity contribution in [2.75, 3.05) is 6.61 Å². The van der Waals surface area contributed by atoms with Crippen molar-refractivity contribution in [1.29, 1.82) is 0 Å². The largest absolute Gasteiger partial charge is 0.346 e. The van der Waals surface area contributed by atoms with Crippen LogP contribution in [0.1, 0.15) is 44.5 Å². The van der Waals surface area contributed by atoms with E-state index in [1.165, 1.54) is 12.8 Å². The molecular weight excluding hydrogens is 188 g/mol. The van der Waals surface area contributed by atoms with Crippen molar-refractivity contribution in [2.45, 2.75) is 38.9 Å². The standard InChI is InChI=1S/C13H19O2/c1-2-3-4-8-11-15-13(14)12-9-6-5-7-10-12/h5-7,9-10,13H,2-4,8,11H2,1H3. The second-order valence-corrected chi connectivity index (χ2v) is 3.67. The summed E-state index contributed by atoms with van der Waals surface area (Å²) >= 11 is 0. The number of hydrogen-bond acceptors (Lipinski definition) is 1. The lowest BCUT2D eigenvalue weighted by Gasteiger charge is -2.09. The van der Waals surface area contributed by atoms with Gasteiger partial charge in [-0.2, -0.15) is 5.11 Å². The minimum Gasteiger partial charge on any atom is -0.346 e. The summed E-state index contributed by atoms with van der Waals surface area (Å²) in [5, 5.41) is 11.5. The molecule has 0 aliphatic rings. The van der Waals surface area contributed by atoms with E-state index in [-0.39, 0.29) is 0 Å². The summed E-state index contributed by atoms with van der Waals surface area (Å²) in [4.78, 5) is 0. The fourth-order valence-electron chi connectivity index (χ4n) is 1.43. The molecule has 2 heteroatoms. The van der Waals surface area contributed by atoms with E-state index in [0.717, 1.165) is 12.8 Å². The van der Waals surface area contributed by atoms with Crippen molar-refractivity contribution in [3.63, 3.8) is 0 Å². The van der Waals surface area contributed by atoms with Crippen molar-refractivity contribution in [3.8, 4) is 0 Å². The number of hydrogen-bond donors (Lipinski definition) is 0. The molecule has 0 aromatic heterocycles. The van der Waals surface area contributed by atoms with E-state index in [4.69, 9.17) is 4.74 Å². The van der Waals surface area contributed by atoms with Gasteiger partial charge in [0.15, 0.2) is 0 Å². The monoisotopic (exact) mass is 207 g/mol. The van der Waals surface area contributed by atoms with E-state index in [0.29, 0.717) is 12.2 Å². The maximum atomic E-state index is 11.5. The summed E-state index contributed by atoms with van der Waals surface area (Å²) in [6.45, 7) is 2.74. The third-order valence-electron chi connectivity index (χ3n) is 2.34. The number of unbranched alkanes of at least 4 members (excludes halogenated alkanes) is 3. The average Bonchev–Trinajstić information content (AvgIpc) is 2.30. The van der Waals surface area contributed by atoms with Gasteiger partial charge in [-0.1, -0.05) is 56.5 Å². The Morgan fingerprint density at radius 3 is 2.53 bits per heavy atom. The first kappa shape index (κ1) is 12.2. The van der Waals surface area contributed by atoms with Crippen LogP contribution in [-0.4, -0.2) is 6.61 Å². The van der Waals surface area contributed by atoms with Gasteiger partial charge in [0.1, 0.15) is 0 Å². The summed E-state index contributed by atoms with van der Waals surface area (Å²) < 4.78 is 5.22. The topological polar surface area (TPSA) is 29.1 Å². The first-order chi connectivity index (χ1) is 7.34. The lowest BCUT2D eigenvalue weighted by atomic mass is 10.2. The first-order valence-electron chi connectivity index (χ1n) is 5.67. The van der Waals surface area contributed by atoms with Crippen molar-refractivity contribution in [1.82, 2.24) is 0 Å². The van der Waals surface area contributed by atoms with Crippen LogP contribution in [0.3, 0.4) is 0 Å². The molecule has 1 radical (unpaired) electrons. The van der Waals surface area contributed by atoms with E-state index >= 15 is 0 Å². The Hall–Kier alpha value is -0.860. The zero-order valence-electron chi connectivity index (χ0n) is 9.32. The van der Waals surface area contributed by atoms with E-state index in [1.54, 1.807) is 0 Å². The SMILES string of the molecule is CCCCCCOC([O])c1ccccc1. The molecule has 83 valence electrons. The molecule has 1 atom stereocenters. The molecule has 0 aliphatic carbocycles. The van der Waals surface area contributed by atoms with Crippen LogP contribution < -0.4 is 0 Å². The van der Waals surface area contributed by atoms with Crippen LogP contribution >= 0.6 is 0 Å². The van der Waals surface area contributed by atoms with Gasteiger partial charge in [0.25, 0.3) is 0 Å². The van der Waals surface area contributed by atoms with Gasteiger partial charge in [0.2, 0.25) is 6.29 Å². The Labute approximate surface area is 91.9 Å². The van der Waals surface area contributed by atoms with Gasteiger partial charge in [-0.15, -0.1) is 0 Å². The molecule has 0 N–H and O–H groups in total. The Morgan fingerprint density at radius 2 is 1.87 bits per heavy atom. The quantitative estimate of drug-likeness (QED) is 0.495. The first-order valence-corrected chi connectivity index (χ1v) is 5.67. The van der Waals surface area contributed by atoms with Crippen LogP contribution in [0.25, 0.3) is 0 Å². The smallest absolute Gasteiger partial charge is 0.217 e. The second kappa shape index (κ2) is 7.43. The Bertz CT molecular complexity index is 246. The third-order valence-corrected chi connectivity index (χ3v) is 2.34. The normalized spacial score (nSPS) is 12.7. The summed E-state index contributed by atoms with van der Waals surface area (Å²) in [5.41, 5.74) is 0.716. The predicted octanol–water partition coefficient (Wildman–Crippen LogP) is 3.71. The molecule has 0 amide bonds. The van der Waals surface area contributed by atoms with Gasteiger partial charge in [-0.05, 0) is 6.42 Å². The molecule has 1 rings (SSSR count). The third kappa shape index (κ3) is 4.96. The van der Waals surface area contributed by atoms with Crippen LogP contribution in [0.4, 0.5) is 0 Å². The Morgan fingerprint density at radius 1 is 1.13 bits per heavy atom. The van der Waals surface area contributed by atoms with E-state index < -0.39 is 6.29 Å². The summed E-state index contributed by atoms with van der Waals surface area (Å²) in [6.07, 6.45) is 3.54. The van der Waals surface area contributed by atoms with Crippen LogP contribution in [0, 0.1) is 0 Å². The zero-order chi connectivity index (χ0) is 10.9. The zero-order valence-corrected chi connectivity index (χ0v) is 9.32. The van der Waals surface area contributed by atoms with Gasteiger partial charge >= 0.3 is 0 Å². The fourth-order valence-corrected chi connectivity index (χ4v) is 1.43. The number of rotatable bonds is 7. The second-order valence-electron chi connectivity index (χ2n) is 3.67. The van der Waals surface area contributed by atoms with Crippen molar-refractivity contribution in [3.05, 3.63) is 35.9 Å². The minimum atomic E-state index is -1.02. The summed E-state index contributed by atoms with van der Waals surface area (Å²) in [7, 11) is 0. The molecular formula is C13H19O2. The van der Waals surface area contributed by atoms with Crippen molar-refractivity contribution < 1.29 is 9.84 Å². The van der Waals surface area contributed by atoms with Gasteiger partial charge in [-0.25, -0.2) is 0 Å². The average molecular weight is 207 g/mol. The van der Waals surface area contributed by atoms with Crippen molar-refractivity contribution in [2.24, 2.45) is 0 Å². The lowest BCUT2D eigenvalue weighted by molar-refractivity contribution is -0.145. The summed E-state index contributed by atoms with van der Waals surface area (Å²) in [5.74, 6) is 0. The molecule has 1 aromatic carbocycles. The highest BCUT2D eigenvalue weighted by Crippen LogP contribution is 2.14. The molecule has 0 fully saturated rings. The van der Waals surface area contributed by atoms with Gasteiger partial charge in [0.05, 0.1) is 6.61 Å². The molecule has 0 bridgehead atoms. The fraction of sp³-hybridized carbons (Fsp3) is 0.538. The van der Waals surface area contributed by atoms with Gasteiger partial charge in [-0.3, -0.25) is 0 Å². The van der Waals surface area contributed by atoms with Crippen LogP contribution in [0.2, 0.25) is 0 Å². The van der Waals surface area contributed by atoms with Crippen LogP contribution in [-0.2, 0) is 9.84 Å². The molecule has 0 aliphatic heterocycles. The van der Waals surface area contributed by atoms with Gasteiger partial charge < -0.3 is 4.74 Å². The predicted molar refractivity (Wildman–Crippen MR) is 60.0 cm³/mol. The highest BCUT2D eigenvalue weighted by molar-refractivity contribution is 5.15. The molecule has 0 saturated heterocycles. The lowest BCUT2D eigenvalue weighted by Crippen LogP contribution is -2.03. The molecule has 1 aromatic rings. The van der Waals surface area contributed by atoms with Crippen LogP contribution in [0.5, 0.6) is 0 Å². The van der Waals surface area contributed by atoms with E-state index in [2.05, 4.69) is 6.92 Å². The Kier molecular flexibility index (Phi) is 6.05. The maximum Gasteiger partial charge on any atom is 0.217 e. The molecule has 15 heavy (non-hydrogen) atoms. The maximum absolute atomic E-state index is 11.5. The molecule has 2 nitrogen and oxygen atoms in total. The minimum absolute atomic E-state index is 0.572. The number of benzene rings is 1. The highest BCUT2D eigenvalue weighted by atomic mass is 16.6. The molecule has 0 spiro atoms. The Balaban J connectivity index is 2.16. The molecule has 0 heterocycles.